The smallest absolute Gasteiger partial charge is 0.317 e. The highest BCUT2D eigenvalue weighted by molar-refractivity contribution is 5.97. The van der Waals surface area contributed by atoms with Gasteiger partial charge in [0, 0.05) is 31.7 Å². The molecule has 1 aliphatic heterocycles. The summed E-state index contributed by atoms with van der Waals surface area (Å²) in [5.74, 6) is 0.0506. The van der Waals surface area contributed by atoms with E-state index in [0.717, 1.165) is 16.8 Å². The molecule has 3 amide bonds. The van der Waals surface area contributed by atoms with Crippen molar-refractivity contribution in [3.05, 3.63) is 65.2 Å². The fourth-order valence-corrected chi connectivity index (χ4v) is 3.34. The van der Waals surface area contributed by atoms with Crippen LogP contribution in [0.5, 0.6) is 0 Å². The first-order chi connectivity index (χ1) is 13.0. The number of carbonyl (C=O) groups is 2. The molecule has 1 saturated heterocycles. The van der Waals surface area contributed by atoms with Gasteiger partial charge in [-0.1, -0.05) is 36.4 Å². The molecule has 2 aromatic carbocycles. The first kappa shape index (κ1) is 19.0. The van der Waals surface area contributed by atoms with Crippen molar-refractivity contribution in [1.29, 1.82) is 0 Å². The number of hydrogen-bond acceptors (Lipinski definition) is 2. The summed E-state index contributed by atoms with van der Waals surface area (Å²) < 4.78 is 0. The van der Waals surface area contributed by atoms with Gasteiger partial charge in [0.2, 0.25) is 5.91 Å². The molecular formula is C22H27N3O2. The quantitative estimate of drug-likeness (QED) is 0.879. The van der Waals surface area contributed by atoms with E-state index in [1.807, 2.05) is 62.4 Å². The van der Waals surface area contributed by atoms with Crippen LogP contribution in [0, 0.1) is 13.8 Å². The zero-order valence-corrected chi connectivity index (χ0v) is 16.2. The van der Waals surface area contributed by atoms with Crippen LogP contribution in [-0.4, -0.2) is 36.0 Å². The van der Waals surface area contributed by atoms with E-state index in [0.29, 0.717) is 26.1 Å². The molecule has 3 rings (SSSR count). The zero-order valence-electron chi connectivity index (χ0n) is 16.2. The molecule has 1 fully saturated rings. The van der Waals surface area contributed by atoms with E-state index < -0.39 is 0 Å². The molecular weight excluding hydrogens is 338 g/mol. The van der Waals surface area contributed by atoms with Gasteiger partial charge in [-0.25, -0.2) is 4.79 Å². The van der Waals surface area contributed by atoms with Gasteiger partial charge in [-0.2, -0.15) is 0 Å². The maximum atomic E-state index is 12.7. The van der Waals surface area contributed by atoms with E-state index in [1.54, 1.807) is 9.80 Å². The lowest BCUT2D eigenvalue weighted by atomic mass is 10.1. The normalized spacial score (nSPS) is 16.5. The summed E-state index contributed by atoms with van der Waals surface area (Å²) in [6.45, 7) is 7.74. The summed E-state index contributed by atoms with van der Waals surface area (Å²) in [4.78, 5) is 28.7. The summed E-state index contributed by atoms with van der Waals surface area (Å²) in [7, 11) is 0. The van der Waals surface area contributed by atoms with Crippen LogP contribution in [-0.2, 0) is 11.3 Å². The van der Waals surface area contributed by atoms with Gasteiger partial charge in [0.25, 0.3) is 0 Å². The van der Waals surface area contributed by atoms with Crippen LogP contribution in [0.15, 0.2) is 48.5 Å². The predicted molar refractivity (Wildman–Crippen MR) is 108 cm³/mol. The highest BCUT2D eigenvalue weighted by Crippen LogP contribution is 2.24. The van der Waals surface area contributed by atoms with Gasteiger partial charge in [0.1, 0.15) is 0 Å². The van der Waals surface area contributed by atoms with Crippen molar-refractivity contribution in [2.75, 3.05) is 18.0 Å². The molecule has 0 saturated carbocycles. The largest absolute Gasteiger partial charge is 0.333 e. The highest BCUT2D eigenvalue weighted by atomic mass is 16.2. The van der Waals surface area contributed by atoms with Gasteiger partial charge in [0.05, 0.1) is 6.04 Å². The second-order valence-corrected chi connectivity index (χ2v) is 7.12. The Kier molecular flexibility index (Phi) is 5.79. The fraction of sp³-hybridized carbons (Fsp3) is 0.364. The third-order valence-electron chi connectivity index (χ3n) is 5.14. The molecule has 5 nitrogen and oxygen atoms in total. The summed E-state index contributed by atoms with van der Waals surface area (Å²) in [5, 5.41) is 3.03. The second-order valence-electron chi connectivity index (χ2n) is 7.12. The van der Waals surface area contributed by atoms with Gasteiger partial charge in [-0.15, -0.1) is 0 Å². The molecule has 0 radical (unpaired) electrons. The minimum Gasteiger partial charge on any atom is -0.333 e. The average molecular weight is 365 g/mol. The molecule has 0 aliphatic carbocycles. The van der Waals surface area contributed by atoms with Gasteiger partial charge < -0.3 is 15.1 Å². The van der Waals surface area contributed by atoms with Crippen molar-refractivity contribution in [2.45, 2.75) is 39.8 Å². The molecule has 0 spiro atoms. The maximum absolute atomic E-state index is 12.7. The third kappa shape index (κ3) is 4.48. The van der Waals surface area contributed by atoms with E-state index >= 15 is 0 Å². The molecule has 27 heavy (non-hydrogen) atoms. The van der Waals surface area contributed by atoms with Crippen molar-refractivity contribution >= 4 is 17.6 Å². The van der Waals surface area contributed by atoms with Gasteiger partial charge in [-0.05, 0) is 49.6 Å². The molecule has 1 aliphatic rings. The number of rotatable bonds is 5. The molecule has 0 unspecified atom stereocenters. The van der Waals surface area contributed by atoms with E-state index in [-0.39, 0.29) is 18.0 Å². The topological polar surface area (TPSA) is 52.7 Å². The number of amides is 3. The predicted octanol–water partition coefficient (Wildman–Crippen LogP) is 3.64. The lowest BCUT2D eigenvalue weighted by Gasteiger charge is -2.24. The molecule has 142 valence electrons. The van der Waals surface area contributed by atoms with Crippen LogP contribution in [0.4, 0.5) is 10.5 Å². The van der Waals surface area contributed by atoms with Crippen LogP contribution in [0.2, 0.25) is 0 Å². The number of nitrogens with zero attached hydrogens (tertiary/aromatic N) is 2. The lowest BCUT2D eigenvalue weighted by Crippen LogP contribution is -2.45. The molecule has 0 aromatic heterocycles. The number of nitrogens with one attached hydrogen (secondary N) is 1. The van der Waals surface area contributed by atoms with Crippen LogP contribution < -0.4 is 10.2 Å². The first-order valence-corrected chi connectivity index (χ1v) is 9.45. The highest BCUT2D eigenvalue weighted by Gasteiger charge is 2.32. The number of anilines is 1. The molecule has 1 atom stereocenters. The standard InChI is InChI=1S/C22H27N3O2/c1-4-24(14-18-8-6-5-7-9-18)22(27)23-19-13-21(26)25(15-19)20-11-10-16(2)17(3)12-20/h5-12,19H,4,13-15H2,1-3H3,(H,23,27)/t19-/m0/s1. The molecule has 2 aromatic rings. The van der Waals surface area contributed by atoms with Crippen molar-refractivity contribution in [3.63, 3.8) is 0 Å². The minimum absolute atomic E-state index is 0.0506. The summed E-state index contributed by atoms with van der Waals surface area (Å²) in [6.07, 6.45) is 0.335. The van der Waals surface area contributed by atoms with Crippen LogP contribution in [0.1, 0.15) is 30.0 Å². The Labute approximate surface area is 161 Å². The number of benzene rings is 2. The maximum Gasteiger partial charge on any atom is 0.317 e. The number of carbonyl (C=O) groups excluding carboxylic acids is 2. The molecule has 1 N–H and O–H groups in total. The Bertz CT molecular complexity index is 820. The van der Waals surface area contributed by atoms with Crippen LogP contribution >= 0.6 is 0 Å². The van der Waals surface area contributed by atoms with E-state index in [1.165, 1.54) is 5.56 Å². The molecule has 5 heteroatoms. The number of urea groups is 1. The van der Waals surface area contributed by atoms with Crippen LogP contribution in [0.3, 0.4) is 0 Å². The van der Waals surface area contributed by atoms with E-state index in [4.69, 9.17) is 0 Å². The van der Waals surface area contributed by atoms with Crippen LogP contribution in [0.25, 0.3) is 0 Å². The van der Waals surface area contributed by atoms with E-state index in [2.05, 4.69) is 12.2 Å². The van der Waals surface area contributed by atoms with Crippen molar-refractivity contribution in [2.24, 2.45) is 0 Å². The first-order valence-electron chi connectivity index (χ1n) is 9.45. The molecule has 0 bridgehead atoms. The minimum atomic E-state index is -0.170. The Morgan fingerprint density at radius 2 is 1.89 bits per heavy atom. The number of hydrogen-bond donors (Lipinski definition) is 1. The van der Waals surface area contributed by atoms with E-state index in [9.17, 15) is 9.59 Å². The Hall–Kier alpha value is -2.82. The summed E-state index contributed by atoms with van der Waals surface area (Å²) in [5.41, 5.74) is 4.35. The van der Waals surface area contributed by atoms with Gasteiger partial charge >= 0.3 is 6.03 Å². The number of aryl methyl sites for hydroxylation is 2. The van der Waals surface area contributed by atoms with Crippen molar-refractivity contribution < 1.29 is 9.59 Å². The lowest BCUT2D eigenvalue weighted by molar-refractivity contribution is -0.117. The monoisotopic (exact) mass is 365 g/mol. The Balaban J connectivity index is 1.62. The molecule has 1 heterocycles. The zero-order chi connectivity index (χ0) is 19.4. The second kappa shape index (κ2) is 8.25. The Morgan fingerprint density at radius 3 is 2.56 bits per heavy atom. The van der Waals surface area contributed by atoms with Crippen molar-refractivity contribution in [1.82, 2.24) is 10.2 Å². The van der Waals surface area contributed by atoms with Gasteiger partial charge in [-0.3, -0.25) is 4.79 Å². The Morgan fingerprint density at radius 1 is 1.15 bits per heavy atom. The fourth-order valence-electron chi connectivity index (χ4n) is 3.34. The summed E-state index contributed by atoms with van der Waals surface area (Å²) in [6, 6.07) is 15.7. The third-order valence-corrected chi connectivity index (χ3v) is 5.14. The van der Waals surface area contributed by atoms with Gasteiger partial charge in [0.15, 0.2) is 0 Å². The average Bonchev–Trinajstić information content (AvgIpc) is 3.02. The van der Waals surface area contributed by atoms with Crippen molar-refractivity contribution in [3.8, 4) is 0 Å². The summed E-state index contributed by atoms with van der Waals surface area (Å²) >= 11 is 0. The SMILES string of the molecule is CCN(Cc1ccccc1)C(=O)N[C@H]1CC(=O)N(c2ccc(C)c(C)c2)C1.